The molecule has 0 aliphatic heterocycles. The first-order valence-corrected chi connectivity index (χ1v) is 8.60. The lowest BCUT2D eigenvalue weighted by Gasteiger charge is -2.23. The van der Waals surface area contributed by atoms with E-state index in [-0.39, 0.29) is 6.10 Å². The zero-order valence-electron chi connectivity index (χ0n) is 12.6. The number of aromatic nitrogens is 1. The van der Waals surface area contributed by atoms with Crippen LogP contribution in [0.15, 0.2) is 46.4 Å². The fraction of sp³-hybridized carbons (Fsp3) is 0.278. The zero-order chi connectivity index (χ0) is 15.6. The van der Waals surface area contributed by atoms with Gasteiger partial charge in [-0.25, -0.2) is 4.98 Å². The maximum absolute atomic E-state index is 10.1. The van der Waals surface area contributed by atoms with Crippen molar-refractivity contribution < 1.29 is 14.3 Å². The van der Waals surface area contributed by atoms with Crippen LogP contribution >= 0.6 is 11.3 Å². The molecule has 1 atom stereocenters. The summed E-state index contributed by atoms with van der Waals surface area (Å²) in [5.74, 6) is 1.46. The summed E-state index contributed by atoms with van der Waals surface area (Å²) in [6.07, 6.45) is 4.02. The third-order valence-corrected chi connectivity index (χ3v) is 4.95. The quantitative estimate of drug-likeness (QED) is 0.774. The van der Waals surface area contributed by atoms with Gasteiger partial charge < -0.3 is 14.3 Å². The van der Waals surface area contributed by atoms with Crippen molar-refractivity contribution >= 4 is 11.3 Å². The van der Waals surface area contributed by atoms with E-state index in [0.29, 0.717) is 12.5 Å². The van der Waals surface area contributed by atoms with E-state index < -0.39 is 0 Å². The first kappa shape index (κ1) is 14.5. The van der Waals surface area contributed by atoms with E-state index in [4.69, 9.17) is 9.15 Å². The van der Waals surface area contributed by atoms with Crippen LogP contribution in [0.25, 0.3) is 10.8 Å². The number of thiophene rings is 1. The standard InChI is InChI=1S/C18H17NO3S/c20-15-6-1-5-14-13(15)4-2-7-16(14)21-10-12-11-22-18(19-12)17-8-3-9-23-17/h2-4,7-9,11,15,20H,1,5-6,10H2. The fourth-order valence-corrected chi connectivity index (χ4v) is 3.62. The molecule has 2 aromatic heterocycles. The minimum absolute atomic E-state index is 0.363. The molecule has 0 amide bonds. The van der Waals surface area contributed by atoms with Crippen molar-refractivity contribution in [2.24, 2.45) is 0 Å². The number of benzene rings is 1. The lowest BCUT2D eigenvalue weighted by Crippen LogP contribution is -2.11. The van der Waals surface area contributed by atoms with Crippen molar-refractivity contribution in [2.75, 3.05) is 0 Å². The Morgan fingerprint density at radius 1 is 1.30 bits per heavy atom. The number of fused-ring (bicyclic) bond motifs is 1. The smallest absolute Gasteiger partial charge is 0.236 e. The number of oxazole rings is 1. The number of rotatable bonds is 4. The minimum Gasteiger partial charge on any atom is -0.487 e. The zero-order valence-corrected chi connectivity index (χ0v) is 13.4. The maximum atomic E-state index is 10.1. The van der Waals surface area contributed by atoms with Gasteiger partial charge in [-0.1, -0.05) is 18.2 Å². The predicted octanol–water partition coefficient (Wildman–Crippen LogP) is 4.35. The Morgan fingerprint density at radius 3 is 3.13 bits per heavy atom. The summed E-state index contributed by atoms with van der Waals surface area (Å²) in [5.41, 5.74) is 2.88. The number of hydrogen-bond donors (Lipinski definition) is 1. The van der Waals surface area contributed by atoms with Crippen molar-refractivity contribution in [1.29, 1.82) is 0 Å². The van der Waals surface area contributed by atoms with Crippen molar-refractivity contribution in [3.63, 3.8) is 0 Å². The molecule has 0 bridgehead atoms. The molecule has 1 aliphatic carbocycles. The Labute approximate surface area is 138 Å². The van der Waals surface area contributed by atoms with Crippen LogP contribution in [0.2, 0.25) is 0 Å². The number of aliphatic hydroxyl groups is 1. The molecule has 3 aromatic rings. The van der Waals surface area contributed by atoms with E-state index in [1.165, 1.54) is 0 Å². The van der Waals surface area contributed by atoms with Gasteiger partial charge in [0.2, 0.25) is 5.89 Å². The first-order chi connectivity index (χ1) is 11.3. The van der Waals surface area contributed by atoms with Crippen LogP contribution in [0.5, 0.6) is 5.75 Å². The Hall–Kier alpha value is -2.11. The molecule has 1 N–H and O–H groups in total. The van der Waals surface area contributed by atoms with Gasteiger partial charge in [0.1, 0.15) is 24.3 Å². The summed E-state index contributed by atoms with van der Waals surface area (Å²) in [6.45, 7) is 0.363. The summed E-state index contributed by atoms with van der Waals surface area (Å²) in [6, 6.07) is 9.83. The molecule has 2 heterocycles. The molecule has 1 aliphatic rings. The molecule has 0 spiro atoms. The molecule has 1 unspecified atom stereocenters. The molecule has 0 fully saturated rings. The van der Waals surface area contributed by atoms with Crippen LogP contribution in [0, 0.1) is 0 Å². The van der Waals surface area contributed by atoms with Crippen LogP contribution in [-0.2, 0) is 13.0 Å². The van der Waals surface area contributed by atoms with Crippen LogP contribution in [0.1, 0.15) is 35.8 Å². The topological polar surface area (TPSA) is 55.5 Å². The van der Waals surface area contributed by atoms with Crippen molar-refractivity contribution in [2.45, 2.75) is 32.0 Å². The van der Waals surface area contributed by atoms with Crippen molar-refractivity contribution in [3.8, 4) is 16.5 Å². The van der Waals surface area contributed by atoms with Gasteiger partial charge in [-0.2, -0.15) is 0 Å². The minimum atomic E-state index is -0.375. The molecular formula is C18H17NO3S. The second kappa shape index (κ2) is 6.18. The normalized spacial score (nSPS) is 17.0. The largest absolute Gasteiger partial charge is 0.487 e. The number of hydrogen-bond acceptors (Lipinski definition) is 5. The highest BCUT2D eigenvalue weighted by atomic mass is 32.1. The molecule has 0 saturated heterocycles. The number of nitrogens with zero attached hydrogens (tertiary/aromatic N) is 1. The van der Waals surface area contributed by atoms with Gasteiger partial charge in [0, 0.05) is 0 Å². The molecular weight excluding hydrogens is 310 g/mol. The highest BCUT2D eigenvalue weighted by molar-refractivity contribution is 7.13. The van der Waals surface area contributed by atoms with Crippen molar-refractivity contribution in [1.82, 2.24) is 4.98 Å². The van der Waals surface area contributed by atoms with Gasteiger partial charge in [0.25, 0.3) is 0 Å². The summed E-state index contributed by atoms with van der Waals surface area (Å²) >= 11 is 1.60. The average Bonchev–Trinajstić information content (AvgIpc) is 3.25. The van der Waals surface area contributed by atoms with Gasteiger partial charge in [-0.3, -0.25) is 0 Å². The van der Waals surface area contributed by atoms with E-state index in [0.717, 1.165) is 46.7 Å². The average molecular weight is 327 g/mol. The SMILES string of the molecule is OC1CCCc2c(OCc3coc(-c4cccs4)n3)cccc21. The van der Waals surface area contributed by atoms with Gasteiger partial charge >= 0.3 is 0 Å². The fourth-order valence-electron chi connectivity index (χ4n) is 2.96. The van der Waals surface area contributed by atoms with E-state index in [1.54, 1.807) is 17.6 Å². The summed E-state index contributed by atoms with van der Waals surface area (Å²) in [4.78, 5) is 5.47. The molecule has 118 valence electrons. The number of aliphatic hydroxyl groups excluding tert-OH is 1. The lowest BCUT2D eigenvalue weighted by molar-refractivity contribution is 0.155. The Morgan fingerprint density at radius 2 is 2.26 bits per heavy atom. The van der Waals surface area contributed by atoms with Crippen LogP contribution in [0.3, 0.4) is 0 Å². The molecule has 0 radical (unpaired) electrons. The highest BCUT2D eigenvalue weighted by Crippen LogP contribution is 2.35. The summed E-state index contributed by atoms with van der Waals surface area (Å²) in [7, 11) is 0. The summed E-state index contributed by atoms with van der Waals surface area (Å²) < 4.78 is 11.4. The van der Waals surface area contributed by atoms with Gasteiger partial charge in [-0.15, -0.1) is 11.3 Å². The third kappa shape index (κ3) is 2.90. The van der Waals surface area contributed by atoms with Crippen LogP contribution in [0.4, 0.5) is 0 Å². The van der Waals surface area contributed by atoms with E-state index in [9.17, 15) is 5.11 Å². The molecule has 4 rings (SSSR count). The van der Waals surface area contributed by atoms with Gasteiger partial charge in [0.05, 0.1) is 11.0 Å². The van der Waals surface area contributed by atoms with E-state index in [1.807, 2.05) is 35.7 Å². The molecule has 0 saturated carbocycles. The molecule has 1 aromatic carbocycles. The monoisotopic (exact) mass is 327 g/mol. The Bertz CT molecular complexity index is 794. The van der Waals surface area contributed by atoms with E-state index in [2.05, 4.69) is 4.98 Å². The number of ether oxygens (including phenoxy) is 1. The molecule has 23 heavy (non-hydrogen) atoms. The Kier molecular flexibility index (Phi) is 3.89. The van der Waals surface area contributed by atoms with Crippen molar-refractivity contribution in [3.05, 3.63) is 58.8 Å². The third-order valence-electron chi connectivity index (χ3n) is 4.09. The van der Waals surface area contributed by atoms with Gasteiger partial charge in [-0.05, 0) is 47.9 Å². The molecule has 5 heteroatoms. The molecule has 4 nitrogen and oxygen atoms in total. The van der Waals surface area contributed by atoms with Gasteiger partial charge in [0.15, 0.2) is 0 Å². The second-order valence-corrected chi connectivity index (χ2v) is 6.59. The maximum Gasteiger partial charge on any atom is 0.236 e. The van der Waals surface area contributed by atoms with Crippen LogP contribution in [-0.4, -0.2) is 10.1 Å². The first-order valence-electron chi connectivity index (χ1n) is 7.72. The van der Waals surface area contributed by atoms with E-state index >= 15 is 0 Å². The highest BCUT2D eigenvalue weighted by Gasteiger charge is 2.21. The Balaban J connectivity index is 1.51. The lowest BCUT2D eigenvalue weighted by atomic mass is 9.89. The van der Waals surface area contributed by atoms with Crippen LogP contribution < -0.4 is 4.74 Å². The predicted molar refractivity (Wildman–Crippen MR) is 88.5 cm³/mol. The summed E-state index contributed by atoms with van der Waals surface area (Å²) in [5, 5.41) is 12.1. The second-order valence-electron chi connectivity index (χ2n) is 5.64.